The Morgan fingerprint density at radius 2 is 2.27 bits per heavy atom. The molecule has 0 atom stereocenters. The van der Waals surface area contributed by atoms with Gasteiger partial charge in [0, 0.05) is 30.1 Å². The van der Waals surface area contributed by atoms with Crippen molar-refractivity contribution in [3.63, 3.8) is 0 Å². The third-order valence-corrected chi connectivity index (χ3v) is 2.09. The summed E-state index contributed by atoms with van der Waals surface area (Å²) in [5.74, 6) is -0.579. The van der Waals surface area contributed by atoms with E-state index in [1.54, 1.807) is 0 Å². The van der Waals surface area contributed by atoms with E-state index in [1.165, 1.54) is 18.2 Å². The van der Waals surface area contributed by atoms with Gasteiger partial charge in [0.25, 0.3) is 0 Å². The standard InChI is InChI=1S/C10H12ClFN2O/c11-8-1-2-9(12)7(5-8)6-14-10(15)3-4-13/h1-2,5H,3-4,6,13H2,(H,14,15). The fourth-order valence-corrected chi connectivity index (χ4v) is 1.29. The van der Waals surface area contributed by atoms with Gasteiger partial charge in [-0.05, 0) is 18.2 Å². The molecule has 1 aromatic carbocycles. The molecule has 0 aromatic heterocycles. The van der Waals surface area contributed by atoms with Crippen molar-refractivity contribution in [3.8, 4) is 0 Å². The van der Waals surface area contributed by atoms with Crippen molar-refractivity contribution in [2.24, 2.45) is 5.73 Å². The van der Waals surface area contributed by atoms with Crippen molar-refractivity contribution >= 4 is 17.5 Å². The number of amides is 1. The fraction of sp³-hybridized carbons (Fsp3) is 0.300. The number of hydrogen-bond donors (Lipinski definition) is 2. The van der Waals surface area contributed by atoms with E-state index in [9.17, 15) is 9.18 Å². The largest absolute Gasteiger partial charge is 0.352 e. The maximum Gasteiger partial charge on any atom is 0.221 e. The Labute approximate surface area is 92.4 Å². The third kappa shape index (κ3) is 3.85. The highest BCUT2D eigenvalue weighted by molar-refractivity contribution is 6.30. The molecule has 0 heterocycles. The van der Waals surface area contributed by atoms with Crippen LogP contribution in [0.3, 0.4) is 0 Å². The van der Waals surface area contributed by atoms with Gasteiger partial charge in [0.05, 0.1) is 0 Å². The summed E-state index contributed by atoms with van der Waals surface area (Å²) in [6, 6.07) is 4.22. The number of carbonyl (C=O) groups excluding carboxylic acids is 1. The van der Waals surface area contributed by atoms with Crippen molar-refractivity contribution in [3.05, 3.63) is 34.6 Å². The van der Waals surface area contributed by atoms with Crippen LogP contribution in [0.1, 0.15) is 12.0 Å². The van der Waals surface area contributed by atoms with Crippen molar-refractivity contribution in [2.45, 2.75) is 13.0 Å². The molecule has 82 valence electrons. The molecule has 0 radical (unpaired) electrons. The average Bonchev–Trinajstić information content (AvgIpc) is 2.20. The predicted molar refractivity (Wildman–Crippen MR) is 56.9 cm³/mol. The molecule has 3 N–H and O–H groups in total. The van der Waals surface area contributed by atoms with Crippen LogP contribution in [0.2, 0.25) is 5.02 Å². The van der Waals surface area contributed by atoms with Gasteiger partial charge in [-0.15, -0.1) is 0 Å². The van der Waals surface area contributed by atoms with E-state index < -0.39 is 0 Å². The molecule has 0 aliphatic carbocycles. The SMILES string of the molecule is NCCC(=O)NCc1cc(Cl)ccc1F. The minimum Gasteiger partial charge on any atom is -0.352 e. The first-order valence-corrected chi connectivity index (χ1v) is 4.92. The van der Waals surface area contributed by atoms with Gasteiger partial charge in [-0.25, -0.2) is 4.39 Å². The van der Waals surface area contributed by atoms with Crippen LogP contribution in [0.15, 0.2) is 18.2 Å². The summed E-state index contributed by atoms with van der Waals surface area (Å²) in [5.41, 5.74) is 5.56. The van der Waals surface area contributed by atoms with Crippen LogP contribution in [0, 0.1) is 5.82 Å². The molecule has 1 aromatic rings. The molecule has 0 unspecified atom stereocenters. The molecule has 1 rings (SSSR count). The number of halogens is 2. The lowest BCUT2D eigenvalue weighted by atomic mass is 10.2. The number of hydrogen-bond acceptors (Lipinski definition) is 2. The van der Waals surface area contributed by atoms with Gasteiger partial charge in [0.2, 0.25) is 5.91 Å². The molecular formula is C10H12ClFN2O. The molecule has 1 amide bonds. The normalized spacial score (nSPS) is 10.1. The Morgan fingerprint density at radius 3 is 2.93 bits per heavy atom. The van der Waals surface area contributed by atoms with Gasteiger partial charge in [-0.2, -0.15) is 0 Å². The minimum absolute atomic E-state index is 0.130. The lowest BCUT2D eigenvalue weighted by molar-refractivity contribution is -0.121. The topological polar surface area (TPSA) is 55.1 Å². The van der Waals surface area contributed by atoms with E-state index >= 15 is 0 Å². The monoisotopic (exact) mass is 230 g/mol. The van der Waals surface area contributed by atoms with Crippen LogP contribution < -0.4 is 11.1 Å². The quantitative estimate of drug-likeness (QED) is 0.823. The van der Waals surface area contributed by atoms with Crippen LogP contribution in [0.25, 0.3) is 0 Å². The first-order valence-electron chi connectivity index (χ1n) is 4.54. The number of carbonyl (C=O) groups is 1. The third-order valence-electron chi connectivity index (χ3n) is 1.86. The molecule has 0 aliphatic rings. The average molecular weight is 231 g/mol. The van der Waals surface area contributed by atoms with E-state index in [4.69, 9.17) is 17.3 Å². The predicted octanol–water partition coefficient (Wildman–Crippen LogP) is 1.44. The highest BCUT2D eigenvalue weighted by Crippen LogP contribution is 2.14. The van der Waals surface area contributed by atoms with Gasteiger partial charge >= 0.3 is 0 Å². The molecule has 0 spiro atoms. The summed E-state index contributed by atoms with van der Waals surface area (Å²) in [6.45, 7) is 0.412. The fourth-order valence-electron chi connectivity index (χ4n) is 1.09. The second-order valence-electron chi connectivity index (χ2n) is 3.05. The molecule has 0 bridgehead atoms. The van der Waals surface area contributed by atoms with E-state index in [0.29, 0.717) is 10.6 Å². The van der Waals surface area contributed by atoms with Crippen LogP contribution in [0.4, 0.5) is 4.39 Å². The highest BCUT2D eigenvalue weighted by Gasteiger charge is 2.04. The van der Waals surface area contributed by atoms with Gasteiger partial charge < -0.3 is 11.1 Å². The molecule has 5 heteroatoms. The second-order valence-corrected chi connectivity index (χ2v) is 3.49. The first-order chi connectivity index (χ1) is 7.13. The van der Waals surface area contributed by atoms with Crippen LogP contribution >= 0.6 is 11.6 Å². The molecule has 0 saturated carbocycles. The second kappa shape index (κ2) is 5.68. The van der Waals surface area contributed by atoms with Crippen molar-refractivity contribution in [2.75, 3.05) is 6.54 Å². The summed E-state index contributed by atoms with van der Waals surface area (Å²) < 4.78 is 13.2. The van der Waals surface area contributed by atoms with E-state index in [1.807, 2.05) is 0 Å². The Kier molecular flexibility index (Phi) is 4.52. The number of nitrogens with two attached hydrogens (primary N) is 1. The van der Waals surface area contributed by atoms with Crippen LogP contribution in [0.5, 0.6) is 0 Å². The zero-order chi connectivity index (χ0) is 11.3. The lowest BCUT2D eigenvalue weighted by Crippen LogP contribution is -2.25. The molecule has 0 aliphatic heterocycles. The van der Waals surface area contributed by atoms with Crippen molar-refractivity contribution in [1.82, 2.24) is 5.32 Å². The zero-order valence-electron chi connectivity index (χ0n) is 8.09. The smallest absolute Gasteiger partial charge is 0.221 e. The highest BCUT2D eigenvalue weighted by atomic mass is 35.5. The summed E-state index contributed by atoms with van der Waals surface area (Å²) in [7, 11) is 0. The Morgan fingerprint density at radius 1 is 1.53 bits per heavy atom. The van der Waals surface area contributed by atoms with Gasteiger partial charge in [-0.1, -0.05) is 11.6 Å². The molecule has 0 saturated heterocycles. The number of rotatable bonds is 4. The first kappa shape index (κ1) is 11.9. The maximum absolute atomic E-state index is 13.2. The summed E-state index contributed by atoms with van der Waals surface area (Å²) in [4.78, 5) is 11.1. The van der Waals surface area contributed by atoms with E-state index in [2.05, 4.69) is 5.32 Å². The summed E-state index contributed by atoms with van der Waals surface area (Å²) >= 11 is 5.69. The Bertz CT molecular complexity index is 357. The zero-order valence-corrected chi connectivity index (χ0v) is 8.85. The van der Waals surface area contributed by atoms with Gasteiger partial charge in [-0.3, -0.25) is 4.79 Å². The molecule has 15 heavy (non-hydrogen) atoms. The Balaban J connectivity index is 2.57. The number of benzene rings is 1. The lowest BCUT2D eigenvalue weighted by Gasteiger charge is -2.05. The molecular weight excluding hydrogens is 219 g/mol. The maximum atomic E-state index is 13.2. The van der Waals surface area contributed by atoms with Crippen LogP contribution in [-0.4, -0.2) is 12.5 Å². The van der Waals surface area contributed by atoms with Gasteiger partial charge in [0.1, 0.15) is 5.82 Å². The summed E-state index contributed by atoms with van der Waals surface area (Å²) in [6.07, 6.45) is 0.238. The van der Waals surface area contributed by atoms with E-state index in [-0.39, 0.29) is 31.2 Å². The summed E-state index contributed by atoms with van der Waals surface area (Å²) in [5, 5.41) is 2.99. The van der Waals surface area contributed by atoms with Gasteiger partial charge in [0.15, 0.2) is 0 Å². The molecule has 3 nitrogen and oxygen atoms in total. The van der Waals surface area contributed by atoms with Crippen molar-refractivity contribution in [1.29, 1.82) is 0 Å². The Hall–Kier alpha value is -1.13. The minimum atomic E-state index is -0.382. The van der Waals surface area contributed by atoms with Crippen molar-refractivity contribution < 1.29 is 9.18 Å². The van der Waals surface area contributed by atoms with E-state index in [0.717, 1.165) is 0 Å². The molecule has 0 fully saturated rings. The van der Waals surface area contributed by atoms with Crippen LogP contribution in [-0.2, 0) is 11.3 Å². The number of nitrogens with one attached hydrogen (secondary N) is 1.